The van der Waals surface area contributed by atoms with Crippen LogP contribution in [0.1, 0.15) is 25.8 Å². The number of ether oxygens (including phenoxy) is 2. The van der Waals surface area contributed by atoms with E-state index in [1.54, 1.807) is 7.11 Å². The molecule has 98 valence electrons. The predicted molar refractivity (Wildman–Crippen MR) is 73.9 cm³/mol. The lowest BCUT2D eigenvalue weighted by Crippen LogP contribution is -2.18. The lowest BCUT2D eigenvalue weighted by molar-refractivity contribution is 0.320. The van der Waals surface area contributed by atoms with Crippen LogP contribution in [0.5, 0.6) is 11.5 Å². The van der Waals surface area contributed by atoms with Gasteiger partial charge in [0.15, 0.2) is 0 Å². The molecule has 0 heterocycles. The molecule has 0 radical (unpaired) electrons. The van der Waals surface area contributed by atoms with E-state index in [2.05, 4.69) is 11.8 Å². The highest BCUT2D eigenvalue weighted by Gasteiger charge is 2.07. The third kappa shape index (κ3) is 4.68. The van der Waals surface area contributed by atoms with Crippen LogP contribution in [0.15, 0.2) is 18.2 Å². The van der Waals surface area contributed by atoms with E-state index >= 15 is 0 Å². The number of methoxy groups -OCH3 is 1. The van der Waals surface area contributed by atoms with E-state index in [1.165, 1.54) is 0 Å². The van der Waals surface area contributed by atoms with Crippen molar-refractivity contribution in [2.24, 2.45) is 5.73 Å². The molecule has 18 heavy (non-hydrogen) atoms. The Morgan fingerprint density at radius 1 is 1.39 bits per heavy atom. The molecule has 0 saturated heterocycles. The van der Waals surface area contributed by atoms with Gasteiger partial charge in [-0.05, 0) is 31.9 Å². The van der Waals surface area contributed by atoms with Gasteiger partial charge in [-0.15, -0.1) is 11.8 Å². The highest BCUT2D eigenvalue weighted by atomic mass is 16.5. The van der Waals surface area contributed by atoms with Crippen molar-refractivity contribution in [3.8, 4) is 23.3 Å². The Labute approximate surface area is 109 Å². The first-order valence-electron chi connectivity index (χ1n) is 6.12. The van der Waals surface area contributed by atoms with E-state index in [4.69, 9.17) is 15.2 Å². The molecule has 2 N–H and O–H groups in total. The minimum atomic E-state index is 0.108. The topological polar surface area (TPSA) is 44.5 Å². The minimum absolute atomic E-state index is 0.108. The van der Waals surface area contributed by atoms with Crippen LogP contribution in [0, 0.1) is 11.8 Å². The Hall–Kier alpha value is -1.66. The van der Waals surface area contributed by atoms with E-state index in [1.807, 2.05) is 32.0 Å². The summed E-state index contributed by atoms with van der Waals surface area (Å²) in [6.45, 7) is 4.39. The first kappa shape index (κ1) is 14.4. The highest BCUT2D eigenvalue weighted by Crippen LogP contribution is 2.25. The third-order valence-electron chi connectivity index (χ3n) is 2.48. The van der Waals surface area contributed by atoms with Gasteiger partial charge < -0.3 is 15.2 Å². The molecule has 0 aromatic heterocycles. The summed E-state index contributed by atoms with van der Waals surface area (Å²) < 4.78 is 10.9. The number of hydrogen-bond acceptors (Lipinski definition) is 3. The molecule has 0 spiro atoms. The maximum absolute atomic E-state index is 5.83. The van der Waals surface area contributed by atoms with Crippen LogP contribution in [-0.2, 0) is 6.42 Å². The maximum atomic E-state index is 5.83. The number of nitrogens with two attached hydrogens (primary N) is 1. The summed E-state index contributed by atoms with van der Waals surface area (Å²) in [4.78, 5) is 0. The molecule has 1 aromatic carbocycles. The van der Waals surface area contributed by atoms with E-state index in [0.29, 0.717) is 6.61 Å². The first-order valence-corrected chi connectivity index (χ1v) is 6.12. The van der Waals surface area contributed by atoms with Gasteiger partial charge >= 0.3 is 0 Å². The molecule has 0 aliphatic rings. The fourth-order valence-electron chi connectivity index (χ4n) is 1.65. The summed E-state index contributed by atoms with van der Waals surface area (Å²) in [5.74, 6) is 7.45. The predicted octanol–water partition coefficient (Wildman–Crippen LogP) is 2.38. The average molecular weight is 247 g/mol. The number of hydrogen-bond donors (Lipinski definition) is 1. The van der Waals surface area contributed by atoms with E-state index in [-0.39, 0.29) is 6.04 Å². The van der Waals surface area contributed by atoms with Crippen LogP contribution >= 0.6 is 0 Å². The summed E-state index contributed by atoms with van der Waals surface area (Å²) in [5.41, 5.74) is 6.94. The molecule has 1 atom stereocenters. The van der Waals surface area contributed by atoms with Gasteiger partial charge in [0.05, 0.1) is 13.7 Å². The molecule has 0 amide bonds. The molecular weight excluding hydrogens is 226 g/mol. The Balaban J connectivity index is 2.77. The zero-order valence-electron chi connectivity index (χ0n) is 11.3. The molecule has 0 saturated carbocycles. The molecule has 3 heteroatoms. The second-order valence-electron chi connectivity index (χ2n) is 4.18. The van der Waals surface area contributed by atoms with Gasteiger partial charge in [-0.1, -0.05) is 6.07 Å². The Kier molecular flexibility index (Phi) is 6.10. The van der Waals surface area contributed by atoms with Crippen molar-refractivity contribution in [2.75, 3.05) is 13.7 Å². The van der Waals surface area contributed by atoms with Crippen molar-refractivity contribution < 1.29 is 9.47 Å². The first-order chi connectivity index (χ1) is 8.67. The lowest BCUT2D eigenvalue weighted by atomic mass is 10.1. The van der Waals surface area contributed by atoms with Crippen LogP contribution in [0.3, 0.4) is 0 Å². The fourth-order valence-corrected chi connectivity index (χ4v) is 1.65. The van der Waals surface area contributed by atoms with Crippen LogP contribution in [-0.4, -0.2) is 19.8 Å². The monoisotopic (exact) mass is 247 g/mol. The van der Waals surface area contributed by atoms with Gasteiger partial charge in [-0.25, -0.2) is 0 Å². The summed E-state index contributed by atoms with van der Waals surface area (Å²) in [5, 5.41) is 0. The molecule has 1 rings (SSSR count). The average Bonchev–Trinajstić information content (AvgIpc) is 2.35. The van der Waals surface area contributed by atoms with Gasteiger partial charge in [0.1, 0.15) is 11.5 Å². The summed E-state index contributed by atoms with van der Waals surface area (Å²) in [7, 11) is 1.65. The quantitative estimate of drug-likeness (QED) is 0.620. The van der Waals surface area contributed by atoms with Gasteiger partial charge in [-0.3, -0.25) is 0 Å². The minimum Gasteiger partial charge on any atom is -0.497 e. The zero-order valence-corrected chi connectivity index (χ0v) is 11.3. The fraction of sp³-hybridized carbons (Fsp3) is 0.467. The van der Waals surface area contributed by atoms with Crippen molar-refractivity contribution in [2.45, 2.75) is 32.7 Å². The largest absolute Gasteiger partial charge is 0.497 e. The Morgan fingerprint density at radius 3 is 2.78 bits per heavy atom. The van der Waals surface area contributed by atoms with E-state index in [0.717, 1.165) is 29.9 Å². The SMILES string of the molecule is CC#CCCOc1cc(OC)ccc1CC(C)N. The third-order valence-corrected chi connectivity index (χ3v) is 2.48. The number of benzene rings is 1. The summed E-state index contributed by atoms with van der Waals surface area (Å²) >= 11 is 0. The molecular formula is C15H21NO2. The zero-order chi connectivity index (χ0) is 13.4. The molecule has 1 aromatic rings. The van der Waals surface area contributed by atoms with Crippen LogP contribution in [0.25, 0.3) is 0 Å². The molecule has 0 bridgehead atoms. The van der Waals surface area contributed by atoms with E-state index in [9.17, 15) is 0 Å². The van der Waals surface area contributed by atoms with Gasteiger partial charge in [0, 0.05) is 18.5 Å². The van der Waals surface area contributed by atoms with Crippen molar-refractivity contribution >= 4 is 0 Å². The van der Waals surface area contributed by atoms with Crippen LogP contribution in [0.4, 0.5) is 0 Å². The van der Waals surface area contributed by atoms with Gasteiger partial charge in [0.25, 0.3) is 0 Å². The molecule has 1 unspecified atom stereocenters. The van der Waals surface area contributed by atoms with Crippen molar-refractivity contribution in [3.05, 3.63) is 23.8 Å². The number of rotatable bonds is 6. The van der Waals surface area contributed by atoms with Crippen molar-refractivity contribution in [3.63, 3.8) is 0 Å². The second kappa shape index (κ2) is 7.62. The summed E-state index contributed by atoms with van der Waals surface area (Å²) in [6, 6.07) is 5.94. The molecule has 0 aliphatic heterocycles. The molecule has 0 aliphatic carbocycles. The summed E-state index contributed by atoms with van der Waals surface area (Å²) in [6.07, 6.45) is 1.52. The standard InChI is InChI=1S/C15H21NO2/c1-4-5-6-9-18-15-11-14(17-3)8-7-13(15)10-12(2)16/h7-8,11-12H,6,9-10,16H2,1-3H3. The Morgan fingerprint density at radius 2 is 2.17 bits per heavy atom. The highest BCUT2D eigenvalue weighted by molar-refractivity contribution is 5.41. The van der Waals surface area contributed by atoms with Gasteiger partial charge in [0.2, 0.25) is 0 Å². The molecule has 3 nitrogen and oxygen atoms in total. The van der Waals surface area contributed by atoms with Gasteiger partial charge in [-0.2, -0.15) is 0 Å². The smallest absolute Gasteiger partial charge is 0.126 e. The normalized spacial score (nSPS) is 11.3. The maximum Gasteiger partial charge on any atom is 0.126 e. The second-order valence-corrected chi connectivity index (χ2v) is 4.18. The van der Waals surface area contributed by atoms with Crippen LogP contribution < -0.4 is 15.2 Å². The van der Waals surface area contributed by atoms with E-state index < -0.39 is 0 Å². The molecule has 0 fully saturated rings. The lowest BCUT2D eigenvalue weighted by Gasteiger charge is -2.13. The Bertz CT molecular complexity index is 430. The van der Waals surface area contributed by atoms with Crippen molar-refractivity contribution in [1.82, 2.24) is 0 Å². The van der Waals surface area contributed by atoms with Crippen LogP contribution in [0.2, 0.25) is 0 Å². The van der Waals surface area contributed by atoms with Crippen molar-refractivity contribution in [1.29, 1.82) is 0 Å².